The number of hydrogen-bond donors (Lipinski definition) is 1. The minimum Gasteiger partial charge on any atom is -0.312 e. The van der Waals surface area contributed by atoms with Gasteiger partial charge in [0.2, 0.25) is 0 Å². The van der Waals surface area contributed by atoms with E-state index in [-0.39, 0.29) is 0 Å². The monoisotopic (exact) mass is 250 g/mol. The van der Waals surface area contributed by atoms with Crippen LogP contribution in [0.2, 0.25) is 0 Å². The van der Waals surface area contributed by atoms with Gasteiger partial charge in [0.05, 0.1) is 0 Å². The Morgan fingerprint density at radius 1 is 1.11 bits per heavy atom. The van der Waals surface area contributed by atoms with Crippen LogP contribution in [0.15, 0.2) is 0 Å². The van der Waals surface area contributed by atoms with Crippen LogP contribution in [0.1, 0.15) is 47.0 Å². The Hall–Kier alpha value is -0.0800. The molecule has 2 nitrogen and oxygen atoms in total. The lowest BCUT2D eigenvalue weighted by molar-refractivity contribution is 0.234. The summed E-state index contributed by atoms with van der Waals surface area (Å²) in [6, 6.07) is 0.789. The van der Waals surface area contributed by atoms with Crippen molar-refractivity contribution < 1.29 is 0 Å². The molecule has 2 saturated carbocycles. The Bertz CT molecular complexity index is 303. The van der Waals surface area contributed by atoms with Crippen molar-refractivity contribution >= 4 is 0 Å². The zero-order chi connectivity index (χ0) is 13.0. The smallest absolute Gasteiger partial charge is 0.0223 e. The molecule has 2 aliphatic carbocycles. The highest BCUT2D eigenvalue weighted by Crippen LogP contribution is 2.68. The van der Waals surface area contributed by atoms with Gasteiger partial charge in [-0.25, -0.2) is 0 Å². The summed E-state index contributed by atoms with van der Waals surface area (Å²) in [6.07, 6.45) is 4.26. The molecule has 1 heterocycles. The highest BCUT2D eigenvalue weighted by Gasteiger charge is 2.64. The lowest BCUT2D eigenvalue weighted by atomic mass is 10.0. The molecular weight excluding hydrogens is 220 g/mol. The maximum absolute atomic E-state index is 3.77. The van der Waals surface area contributed by atoms with Gasteiger partial charge in [0, 0.05) is 19.1 Å². The van der Waals surface area contributed by atoms with E-state index in [0.717, 1.165) is 17.9 Å². The Morgan fingerprint density at radius 3 is 2.33 bits per heavy atom. The fraction of sp³-hybridized carbons (Fsp3) is 1.00. The summed E-state index contributed by atoms with van der Waals surface area (Å²) in [5.74, 6) is 1.88. The molecule has 1 N–H and O–H groups in total. The molecule has 3 rings (SSSR count). The van der Waals surface area contributed by atoms with Crippen LogP contribution in [0.3, 0.4) is 0 Å². The summed E-state index contributed by atoms with van der Waals surface area (Å²) >= 11 is 0. The van der Waals surface area contributed by atoms with Gasteiger partial charge in [-0.2, -0.15) is 0 Å². The zero-order valence-electron chi connectivity index (χ0n) is 12.6. The van der Waals surface area contributed by atoms with Crippen molar-refractivity contribution in [3.8, 4) is 0 Å². The first kappa shape index (κ1) is 12.9. The molecule has 0 bridgehead atoms. The third kappa shape index (κ3) is 2.12. The van der Waals surface area contributed by atoms with Crippen molar-refractivity contribution in [1.82, 2.24) is 10.2 Å². The Morgan fingerprint density at radius 2 is 1.78 bits per heavy atom. The molecule has 3 aliphatic rings. The Labute approximate surface area is 113 Å². The fourth-order valence-electron chi connectivity index (χ4n) is 4.05. The molecular formula is C16H30N2. The molecule has 1 unspecified atom stereocenters. The highest BCUT2D eigenvalue weighted by atomic mass is 15.2. The van der Waals surface area contributed by atoms with Gasteiger partial charge in [-0.05, 0) is 55.0 Å². The van der Waals surface area contributed by atoms with Crippen LogP contribution >= 0.6 is 0 Å². The van der Waals surface area contributed by atoms with Gasteiger partial charge in [-0.15, -0.1) is 0 Å². The Kier molecular flexibility index (Phi) is 3.02. The van der Waals surface area contributed by atoms with E-state index in [9.17, 15) is 0 Å². The maximum Gasteiger partial charge on any atom is 0.0223 e. The maximum atomic E-state index is 3.77. The van der Waals surface area contributed by atoms with E-state index in [1.165, 1.54) is 45.4 Å². The predicted octanol–water partition coefficient (Wildman–Crippen LogP) is 2.74. The molecule has 0 amide bonds. The molecule has 1 atom stereocenters. The van der Waals surface area contributed by atoms with Crippen LogP contribution in [0.25, 0.3) is 0 Å². The molecule has 1 aliphatic heterocycles. The van der Waals surface area contributed by atoms with E-state index in [0.29, 0.717) is 10.8 Å². The molecule has 0 radical (unpaired) electrons. The van der Waals surface area contributed by atoms with Crippen molar-refractivity contribution in [3.05, 3.63) is 0 Å². The minimum absolute atomic E-state index is 0.543. The minimum atomic E-state index is 0.543. The van der Waals surface area contributed by atoms with Crippen molar-refractivity contribution in [2.75, 3.05) is 26.2 Å². The second-order valence-electron chi connectivity index (χ2n) is 8.01. The molecule has 0 aromatic heterocycles. The number of rotatable bonds is 3. The zero-order valence-corrected chi connectivity index (χ0v) is 12.6. The lowest BCUT2D eigenvalue weighted by Crippen LogP contribution is -2.40. The van der Waals surface area contributed by atoms with E-state index >= 15 is 0 Å². The van der Waals surface area contributed by atoms with Crippen LogP contribution in [0.4, 0.5) is 0 Å². The van der Waals surface area contributed by atoms with Crippen LogP contribution in [0, 0.1) is 22.7 Å². The van der Waals surface area contributed by atoms with Crippen LogP contribution in [0.5, 0.6) is 0 Å². The normalized spacial score (nSPS) is 36.3. The second kappa shape index (κ2) is 4.21. The topological polar surface area (TPSA) is 15.3 Å². The van der Waals surface area contributed by atoms with Gasteiger partial charge in [0.25, 0.3) is 0 Å². The SMILES string of the molecule is CC1(C)C(CN2CCCNC(C3CC3)C2)C1(C)C. The largest absolute Gasteiger partial charge is 0.312 e. The van der Waals surface area contributed by atoms with Gasteiger partial charge >= 0.3 is 0 Å². The second-order valence-corrected chi connectivity index (χ2v) is 8.01. The number of nitrogens with zero attached hydrogens (tertiary/aromatic N) is 1. The van der Waals surface area contributed by atoms with Crippen LogP contribution in [-0.4, -0.2) is 37.1 Å². The van der Waals surface area contributed by atoms with E-state index in [2.05, 4.69) is 37.9 Å². The van der Waals surface area contributed by atoms with Crippen molar-refractivity contribution in [2.24, 2.45) is 22.7 Å². The van der Waals surface area contributed by atoms with E-state index in [1.807, 2.05) is 0 Å². The average molecular weight is 250 g/mol. The fourth-order valence-corrected chi connectivity index (χ4v) is 4.05. The first-order chi connectivity index (χ1) is 8.43. The molecule has 0 spiro atoms. The molecule has 0 aromatic carbocycles. The van der Waals surface area contributed by atoms with Crippen molar-refractivity contribution in [3.63, 3.8) is 0 Å². The number of nitrogens with one attached hydrogen (secondary N) is 1. The van der Waals surface area contributed by atoms with Crippen LogP contribution < -0.4 is 5.32 Å². The summed E-state index contributed by atoms with van der Waals surface area (Å²) < 4.78 is 0. The van der Waals surface area contributed by atoms with Gasteiger partial charge in [-0.3, -0.25) is 0 Å². The third-order valence-corrected chi connectivity index (χ3v) is 6.46. The summed E-state index contributed by atoms with van der Waals surface area (Å²) in [4.78, 5) is 2.75. The van der Waals surface area contributed by atoms with E-state index < -0.39 is 0 Å². The van der Waals surface area contributed by atoms with Gasteiger partial charge in [-0.1, -0.05) is 27.7 Å². The molecule has 18 heavy (non-hydrogen) atoms. The summed E-state index contributed by atoms with van der Waals surface area (Å²) in [5, 5.41) is 3.77. The summed E-state index contributed by atoms with van der Waals surface area (Å²) in [5.41, 5.74) is 1.09. The standard InChI is InChI=1S/C16H30N2/c1-15(2)14(16(15,3)4)11-18-9-5-8-17-13(10-18)12-6-7-12/h12-14,17H,5-11H2,1-4H3. The van der Waals surface area contributed by atoms with Gasteiger partial charge < -0.3 is 10.2 Å². The third-order valence-electron chi connectivity index (χ3n) is 6.46. The van der Waals surface area contributed by atoms with Crippen molar-refractivity contribution in [2.45, 2.75) is 53.0 Å². The molecule has 2 heteroatoms. The molecule has 0 aromatic rings. The summed E-state index contributed by atoms with van der Waals surface area (Å²) in [6.45, 7) is 15.0. The first-order valence-electron chi connectivity index (χ1n) is 7.88. The molecule has 1 saturated heterocycles. The van der Waals surface area contributed by atoms with Gasteiger partial charge in [0.15, 0.2) is 0 Å². The molecule has 104 valence electrons. The number of hydrogen-bond acceptors (Lipinski definition) is 2. The van der Waals surface area contributed by atoms with Crippen molar-refractivity contribution in [1.29, 1.82) is 0 Å². The molecule has 3 fully saturated rings. The van der Waals surface area contributed by atoms with Crippen LogP contribution in [-0.2, 0) is 0 Å². The quantitative estimate of drug-likeness (QED) is 0.828. The van der Waals surface area contributed by atoms with E-state index in [4.69, 9.17) is 0 Å². The van der Waals surface area contributed by atoms with E-state index in [1.54, 1.807) is 0 Å². The first-order valence-corrected chi connectivity index (χ1v) is 7.88. The lowest BCUT2D eigenvalue weighted by Gasteiger charge is -2.25. The highest BCUT2D eigenvalue weighted by molar-refractivity contribution is 5.13. The predicted molar refractivity (Wildman–Crippen MR) is 76.6 cm³/mol. The Balaban J connectivity index is 1.58. The summed E-state index contributed by atoms with van der Waals surface area (Å²) in [7, 11) is 0. The average Bonchev–Trinajstić information content (AvgIpc) is 3.16. The van der Waals surface area contributed by atoms with Gasteiger partial charge in [0.1, 0.15) is 0 Å².